The van der Waals surface area contributed by atoms with Crippen molar-refractivity contribution in [2.24, 2.45) is 0 Å². The average molecular weight is 382 g/mol. The van der Waals surface area contributed by atoms with Gasteiger partial charge in [0.05, 0.1) is 27.4 Å². The molecule has 0 bridgehead atoms. The molecule has 0 saturated heterocycles. The molecule has 3 aromatic heterocycles. The fourth-order valence-electron chi connectivity index (χ4n) is 2.97. The van der Waals surface area contributed by atoms with Crippen LogP contribution >= 0.6 is 22.7 Å². The van der Waals surface area contributed by atoms with E-state index in [1.165, 1.54) is 18.4 Å². The van der Waals surface area contributed by atoms with E-state index >= 15 is 0 Å². The number of thiazole rings is 1. The molecule has 0 atom stereocenters. The molecule has 128 valence electrons. The topological polar surface area (TPSA) is 73.8 Å². The van der Waals surface area contributed by atoms with Crippen molar-refractivity contribution < 1.29 is 9.15 Å². The van der Waals surface area contributed by atoms with Gasteiger partial charge in [0.25, 0.3) is 5.56 Å². The van der Waals surface area contributed by atoms with Crippen molar-refractivity contribution in [3.8, 4) is 5.75 Å². The van der Waals surface area contributed by atoms with Crippen LogP contribution in [-0.2, 0) is 0 Å². The number of hydrogen-bond donors (Lipinski definition) is 0. The molecule has 0 amide bonds. The molecular weight excluding hydrogens is 372 g/mol. The van der Waals surface area contributed by atoms with Crippen molar-refractivity contribution in [3.63, 3.8) is 0 Å². The third kappa shape index (κ3) is 2.19. The highest BCUT2D eigenvalue weighted by Crippen LogP contribution is 2.29. The molecule has 0 aliphatic heterocycles. The Labute approximate surface area is 153 Å². The fraction of sp³-hybridized carbons (Fsp3) is 0.0556. The number of nitrogens with zero attached hydrogens (tertiary/aromatic N) is 2. The number of rotatable bonds is 2. The molecule has 3 heterocycles. The van der Waals surface area contributed by atoms with Gasteiger partial charge >= 0.3 is 4.94 Å². The van der Waals surface area contributed by atoms with Gasteiger partial charge in [0.2, 0.25) is 0 Å². The molecule has 0 N–H and O–H groups in total. The number of methoxy groups -OCH3 is 1. The van der Waals surface area contributed by atoms with Crippen LogP contribution in [0.15, 0.2) is 50.4 Å². The fourth-order valence-corrected chi connectivity index (χ4v) is 4.69. The molecule has 5 aromatic rings. The number of imidazole rings is 1. The Balaban J connectivity index is 1.78. The van der Waals surface area contributed by atoms with E-state index < -0.39 is 0 Å². The molecule has 0 radical (unpaired) electrons. The second kappa shape index (κ2) is 5.52. The lowest BCUT2D eigenvalue weighted by Gasteiger charge is -2.01. The molecule has 5 rings (SSSR count). The molecule has 0 spiro atoms. The van der Waals surface area contributed by atoms with Crippen LogP contribution in [0.4, 0.5) is 0 Å². The zero-order valence-corrected chi connectivity index (χ0v) is 15.0. The first-order valence-corrected chi connectivity index (χ1v) is 9.31. The average Bonchev–Trinajstić information content (AvgIpc) is 3.26. The highest BCUT2D eigenvalue weighted by Gasteiger charge is 2.13. The minimum atomic E-state index is -0.388. The Morgan fingerprint density at radius 2 is 2.04 bits per heavy atom. The smallest absolute Gasteiger partial charge is 0.396 e. The molecule has 0 fully saturated rings. The van der Waals surface area contributed by atoms with E-state index in [2.05, 4.69) is 4.98 Å². The van der Waals surface area contributed by atoms with Gasteiger partial charge in [0, 0.05) is 0 Å². The third-order valence-corrected chi connectivity index (χ3v) is 5.83. The van der Waals surface area contributed by atoms with Crippen molar-refractivity contribution >= 4 is 55.0 Å². The van der Waals surface area contributed by atoms with Gasteiger partial charge < -0.3 is 9.15 Å². The normalized spacial score (nSPS) is 12.6. The van der Waals surface area contributed by atoms with Crippen LogP contribution in [0.3, 0.4) is 0 Å². The van der Waals surface area contributed by atoms with Gasteiger partial charge in [-0.3, -0.25) is 4.79 Å². The van der Waals surface area contributed by atoms with E-state index in [4.69, 9.17) is 9.15 Å². The first kappa shape index (κ1) is 15.3. The van der Waals surface area contributed by atoms with E-state index in [1.807, 2.05) is 30.3 Å². The van der Waals surface area contributed by atoms with E-state index in [9.17, 15) is 9.59 Å². The summed E-state index contributed by atoms with van der Waals surface area (Å²) in [6, 6.07) is 11.1. The SMILES string of the molecule is COc1cc(C=c2sc3nc4ccccc4n3c2=O)cc2sc(=O)oc12. The maximum Gasteiger partial charge on any atom is 0.396 e. The molecule has 0 aliphatic carbocycles. The van der Waals surface area contributed by atoms with Gasteiger partial charge in [-0.25, -0.2) is 14.2 Å². The quantitative estimate of drug-likeness (QED) is 0.469. The predicted octanol–water partition coefficient (Wildman–Crippen LogP) is 2.63. The Hall–Kier alpha value is -2.97. The highest BCUT2D eigenvalue weighted by atomic mass is 32.1. The number of ether oxygens (including phenoxy) is 1. The van der Waals surface area contributed by atoms with Gasteiger partial charge in [-0.2, -0.15) is 0 Å². The Morgan fingerprint density at radius 3 is 2.88 bits per heavy atom. The van der Waals surface area contributed by atoms with Crippen LogP contribution in [0.2, 0.25) is 0 Å². The maximum absolute atomic E-state index is 12.8. The Kier molecular flexibility index (Phi) is 3.25. The lowest BCUT2D eigenvalue weighted by Crippen LogP contribution is -2.22. The molecule has 6 nitrogen and oxygen atoms in total. The van der Waals surface area contributed by atoms with E-state index in [0.717, 1.165) is 27.9 Å². The zero-order chi connectivity index (χ0) is 17.8. The van der Waals surface area contributed by atoms with E-state index in [-0.39, 0.29) is 10.5 Å². The minimum absolute atomic E-state index is 0.113. The first-order chi connectivity index (χ1) is 12.6. The van der Waals surface area contributed by atoms with E-state index in [0.29, 0.717) is 25.5 Å². The molecule has 8 heteroatoms. The highest BCUT2D eigenvalue weighted by molar-refractivity contribution is 7.16. The van der Waals surface area contributed by atoms with Crippen molar-refractivity contribution in [2.45, 2.75) is 0 Å². The Bertz CT molecular complexity index is 1470. The van der Waals surface area contributed by atoms with Crippen LogP contribution in [0.5, 0.6) is 5.75 Å². The number of aromatic nitrogens is 2. The summed E-state index contributed by atoms with van der Waals surface area (Å²) in [6.45, 7) is 0. The standard InChI is InChI=1S/C18H10N2O4S2/c1-23-12-6-9(7-13-15(12)24-18(22)26-13)8-14-16(21)20-11-5-3-2-4-10(11)19-17(20)25-14/h2-8H,1H3. The van der Waals surface area contributed by atoms with Gasteiger partial charge in [-0.05, 0) is 35.9 Å². The molecular formula is C18H10N2O4S2. The summed E-state index contributed by atoms with van der Waals surface area (Å²) < 4.78 is 13.3. The number of fused-ring (bicyclic) bond motifs is 4. The lowest BCUT2D eigenvalue weighted by atomic mass is 10.2. The summed E-state index contributed by atoms with van der Waals surface area (Å²) in [5.41, 5.74) is 2.67. The van der Waals surface area contributed by atoms with Crippen molar-refractivity contribution in [1.29, 1.82) is 0 Å². The largest absolute Gasteiger partial charge is 0.493 e. The van der Waals surface area contributed by atoms with Crippen LogP contribution < -0.4 is 19.8 Å². The van der Waals surface area contributed by atoms with Gasteiger partial charge in [-0.1, -0.05) is 34.8 Å². The number of hydrogen-bond acceptors (Lipinski definition) is 7. The second-order valence-electron chi connectivity index (χ2n) is 5.64. The van der Waals surface area contributed by atoms with Crippen molar-refractivity contribution in [2.75, 3.05) is 7.11 Å². The molecule has 0 saturated carbocycles. The van der Waals surface area contributed by atoms with Crippen molar-refractivity contribution in [3.05, 3.63) is 66.6 Å². The molecule has 0 aliphatic rings. The molecule has 0 unspecified atom stereocenters. The monoisotopic (exact) mass is 382 g/mol. The first-order valence-electron chi connectivity index (χ1n) is 7.67. The summed E-state index contributed by atoms with van der Waals surface area (Å²) in [7, 11) is 1.51. The molecule has 26 heavy (non-hydrogen) atoms. The third-order valence-electron chi connectivity index (χ3n) is 4.08. The van der Waals surface area contributed by atoms with Gasteiger partial charge in [-0.15, -0.1) is 0 Å². The number of benzene rings is 2. The molecule has 2 aromatic carbocycles. The van der Waals surface area contributed by atoms with Gasteiger partial charge in [0.1, 0.15) is 0 Å². The summed E-state index contributed by atoms with van der Waals surface area (Å²) in [5, 5.41) is 0. The summed E-state index contributed by atoms with van der Waals surface area (Å²) in [5.74, 6) is 0.464. The summed E-state index contributed by atoms with van der Waals surface area (Å²) >= 11 is 2.33. The van der Waals surface area contributed by atoms with Crippen LogP contribution in [0, 0.1) is 0 Å². The number of para-hydroxylation sites is 2. The van der Waals surface area contributed by atoms with E-state index in [1.54, 1.807) is 16.5 Å². The Morgan fingerprint density at radius 1 is 1.19 bits per heavy atom. The zero-order valence-electron chi connectivity index (χ0n) is 13.4. The van der Waals surface area contributed by atoms with Crippen LogP contribution in [-0.4, -0.2) is 16.5 Å². The van der Waals surface area contributed by atoms with Gasteiger partial charge in [0.15, 0.2) is 16.3 Å². The van der Waals surface area contributed by atoms with Crippen molar-refractivity contribution in [1.82, 2.24) is 9.38 Å². The predicted molar refractivity (Wildman–Crippen MR) is 103 cm³/mol. The maximum atomic E-state index is 12.8. The summed E-state index contributed by atoms with van der Waals surface area (Å²) in [4.78, 5) is 29.1. The minimum Gasteiger partial charge on any atom is -0.493 e. The van der Waals surface area contributed by atoms with Crippen LogP contribution in [0.1, 0.15) is 5.56 Å². The van der Waals surface area contributed by atoms with Crippen LogP contribution in [0.25, 0.3) is 32.4 Å². The lowest BCUT2D eigenvalue weighted by molar-refractivity contribution is 0.408. The summed E-state index contributed by atoms with van der Waals surface area (Å²) in [6.07, 6.45) is 1.78. The second-order valence-corrected chi connectivity index (χ2v) is 7.63.